The summed E-state index contributed by atoms with van der Waals surface area (Å²) in [5.41, 5.74) is 2.94. The second-order valence-corrected chi connectivity index (χ2v) is 9.88. The number of sulfonamides is 1. The first-order valence-corrected chi connectivity index (χ1v) is 12.1. The van der Waals surface area contributed by atoms with E-state index in [1.807, 2.05) is 12.1 Å². The van der Waals surface area contributed by atoms with Crippen LogP contribution in [0.25, 0.3) is 0 Å². The molecule has 0 aromatic heterocycles. The molecule has 0 spiro atoms. The molecule has 0 radical (unpaired) electrons. The van der Waals surface area contributed by atoms with Gasteiger partial charge < -0.3 is 5.32 Å². The van der Waals surface area contributed by atoms with Crippen molar-refractivity contribution in [2.45, 2.75) is 36.8 Å². The molecular weight excluding hydrogens is 392 g/mol. The molecule has 3 rings (SSSR count). The molecule has 1 fully saturated rings. The molecule has 0 bridgehead atoms. The molecule has 0 atom stereocenters. The number of benzene rings is 2. The average Bonchev–Trinajstić information content (AvgIpc) is 2.70. The van der Waals surface area contributed by atoms with Crippen LogP contribution in [0.5, 0.6) is 0 Å². The minimum atomic E-state index is -3.50. The van der Waals surface area contributed by atoms with Gasteiger partial charge >= 0.3 is 0 Å². The minimum Gasteiger partial charge on any atom is -0.325 e. The van der Waals surface area contributed by atoms with E-state index in [0.29, 0.717) is 24.5 Å². The standard InChI is InChI=1S/C21H26N2O3S2/c1-17-8-3-4-9-18(17)15-27-16-21(24)22-19-10-7-11-20(14-19)28(25,26)23-12-5-2-6-13-23/h3-4,7-11,14H,2,5-6,12-13,15-16H2,1H3,(H,22,24). The highest BCUT2D eigenvalue weighted by atomic mass is 32.2. The summed E-state index contributed by atoms with van der Waals surface area (Å²) < 4.78 is 27.1. The number of nitrogens with zero attached hydrogens (tertiary/aromatic N) is 1. The first-order valence-electron chi connectivity index (χ1n) is 9.49. The van der Waals surface area contributed by atoms with E-state index in [-0.39, 0.29) is 10.8 Å². The Bertz CT molecular complexity index is 923. The van der Waals surface area contributed by atoms with Gasteiger partial charge in [-0.2, -0.15) is 4.31 Å². The predicted octanol–water partition coefficient (Wildman–Crippen LogP) is 4.04. The Morgan fingerprint density at radius 3 is 2.57 bits per heavy atom. The second-order valence-electron chi connectivity index (χ2n) is 6.96. The van der Waals surface area contributed by atoms with E-state index in [9.17, 15) is 13.2 Å². The topological polar surface area (TPSA) is 66.5 Å². The molecule has 1 N–H and O–H groups in total. The molecule has 1 amide bonds. The average molecular weight is 419 g/mol. The van der Waals surface area contributed by atoms with Crippen molar-refractivity contribution in [3.8, 4) is 0 Å². The van der Waals surface area contributed by atoms with E-state index in [1.165, 1.54) is 15.4 Å². The summed E-state index contributed by atoms with van der Waals surface area (Å²) >= 11 is 1.54. The number of rotatable bonds is 7. The number of amides is 1. The first-order chi connectivity index (χ1) is 13.5. The van der Waals surface area contributed by atoms with E-state index >= 15 is 0 Å². The monoisotopic (exact) mass is 418 g/mol. The van der Waals surface area contributed by atoms with Gasteiger partial charge in [0.2, 0.25) is 15.9 Å². The maximum Gasteiger partial charge on any atom is 0.243 e. The maximum atomic E-state index is 12.8. The molecule has 150 valence electrons. The molecule has 2 aromatic rings. The van der Waals surface area contributed by atoms with Crippen molar-refractivity contribution in [1.82, 2.24) is 4.31 Å². The number of aryl methyl sites for hydroxylation is 1. The zero-order valence-electron chi connectivity index (χ0n) is 16.1. The zero-order chi connectivity index (χ0) is 20.0. The second kappa shape index (κ2) is 9.58. The van der Waals surface area contributed by atoms with Gasteiger partial charge in [0.05, 0.1) is 10.6 Å². The van der Waals surface area contributed by atoms with Crippen molar-refractivity contribution in [3.05, 3.63) is 59.7 Å². The molecule has 0 aliphatic carbocycles. The van der Waals surface area contributed by atoms with Gasteiger partial charge in [0.15, 0.2) is 0 Å². The van der Waals surface area contributed by atoms with Crippen LogP contribution in [0.3, 0.4) is 0 Å². The lowest BCUT2D eigenvalue weighted by Crippen LogP contribution is -2.35. The van der Waals surface area contributed by atoms with E-state index in [0.717, 1.165) is 25.0 Å². The molecule has 1 aliphatic rings. The molecular formula is C21H26N2O3S2. The summed E-state index contributed by atoms with van der Waals surface area (Å²) in [4.78, 5) is 12.5. The van der Waals surface area contributed by atoms with Crippen molar-refractivity contribution in [1.29, 1.82) is 0 Å². The van der Waals surface area contributed by atoms with Crippen LogP contribution in [0.15, 0.2) is 53.4 Å². The van der Waals surface area contributed by atoms with Gasteiger partial charge in [0, 0.05) is 24.5 Å². The number of carbonyl (C=O) groups is 1. The third-order valence-electron chi connectivity index (χ3n) is 4.82. The molecule has 0 saturated carbocycles. The number of carbonyl (C=O) groups excluding carboxylic acids is 1. The van der Waals surface area contributed by atoms with Gasteiger partial charge in [0.1, 0.15) is 0 Å². The summed E-state index contributed by atoms with van der Waals surface area (Å²) in [6, 6.07) is 14.7. The minimum absolute atomic E-state index is 0.133. The van der Waals surface area contributed by atoms with Crippen LogP contribution < -0.4 is 5.32 Å². The molecule has 1 saturated heterocycles. The van der Waals surface area contributed by atoms with Gasteiger partial charge in [-0.15, -0.1) is 11.8 Å². The van der Waals surface area contributed by atoms with Crippen LogP contribution in [-0.2, 0) is 20.6 Å². The fraction of sp³-hybridized carbons (Fsp3) is 0.381. The van der Waals surface area contributed by atoms with Crippen LogP contribution >= 0.6 is 11.8 Å². The van der Waals surface area contributed by atoms with Crippen molar-refractivity contribution in [2.75, 3.05) is 24.2 Å². The van der Waals surface area contributed by atoms with Gasteiger partial charge in [-0.1, -0.05) is 36.8 Å². The number of thioether (sulfide) groups is 1. The number of anilines is 1. The lowest BCUT2D eigenvalue weighted by atomic mass is 10.1. The Balaban J connectivity index is 1.58. The number of piperidine rings is 1. The molecule has 1 aliphatic heterocycles. The Hall–Kier alpha value is -1.83. The summed E-state index contributed by atoms with van der Waals surface area (Å²) in [5.74, 6) is 0.951. The Labute approximate surface area is 171 Å². The molecule has 2 aromatic carbocycles. The lowest BCUT2D eigenvalue weighted by Gasteiger charge is -2.26. The van der Waals surface area contributed by atoms with Crippen molar-refractivity contribution in [2.24, 2.45) is 0 Å². The van der Waals surface area contributed by atoms with Crippen LogP contribution in [0.2, 0.25) is 0 Å². The smallest absolute Gasteiger partial charge is 0.243 e. The zero-order valence-corrected chi connectivity index (χ0v) is 17.7. The number of hydrogen-bond donors (Lipinski definition) is 1. The van der Waals surface area contributed by atoms with E-state index < -0.39 is 10.0 Å². The first kappa shape index (κ1) is 20.9. The quantitative estimate of drug-likeness (QED) is 0.737. The molecule has 1 heterocycles. The maximum absolute atomic E-state index is 12.8. The van der Waals surface area contributed by atoms with Crippen molar-refractivity contribution in [3.63, 3.8) is 0 Å². The van der Waals surface area contributed by atoms with Crippen LogP contribution in [-0.4, -0.2) is 37.5 Å². The van der Waals surface area contributed by atoms with Crippen molar-refractivity contribution < 1.29 is 13.2 Å². The van der Waals surface area contributed by atoms with Crippen LogP contribution in [0.4, 0.5) is 5.69 Å². The van der Waals surface area contributed by atoms with Crippen LogP contribution in [0, 0.1) is 6.92 Å². The van der Waals surface area contributed by atoms with Gasteiger partial charge in [-0.25, -0.2) is 8.42 Å². The molecule has 5 nitrogen and oxygen atoms in total. The third kappa shape index (κ3) is 5.37. The van der Waals surface area contributed by atoms with Gasteiger partial charge in [-0.05, 0) is 49.1 Å². The Morgan fingerprint density at radius 2 is 1.82 bits per heavy atom. The Morgan fingerprint density at radius 1 is 1.07 bits per heavy atom. The van der Waals surface area contributed by atoms with Crippen molar-refractivity contribution >= 4 is 33.4 Å². The highest BCUT2D eigenvalue weighted by Gasteiger charge is 2.26. The third-order valence-corrected chi connectivity index (χ3v) is 7.70. The largest absolute Gasteiger partial charge is 0.325 e. The van der Waals surface area contributed by atoms with Gasteiger partial charge in [0.25, 0.3) is 0 Å². The highest BCUT2D eigenvalue weighted by Crippen LogP contribution is 2.23. The fourth-order valence-corrected chi connectivity index (χ4v) is 5.68. The number of hydrogen-bond acceptors (Lipinski definition) is 4. The fourth-order valence-electron chi connectivity index (χ4n) is 3.21. The summed E-state index contributed by atoms with van der Waals surface area (Å²) in [6.07, 6.45) is 2.86. The van der Waals surface area contributed by atoms with E-state index in [2.05, 4.69) is 24.4 Å². The predicted molar refractivity (Wildman–Crippen MR) is 115 cm³/mol. The molecule has 7 heteroatoms. The number of nitrogens with one attached hydrogen (secondary N) is 1. The Kier molecular flexibility index (Phi) is 7.15. The summed E-state index contributed by atoms with van der Waals surface area (Å²) in [7, 11) is -3.50. The normalized spacial score (nSPS) is 15.3. The van der Waals surface area contributed by atoms with E-state index in [1.54, 1.807) is 36.0 Å². The highest BCUT2D eigenvalue weighted by molar-refractivity contribution is 7.99. The van der Waals surface area contributed by atoms with Gasteiger partial charge in [-0.3, -0.25) is 4.79 Å². The van der Waals surface area contributed by atoms with Crippen LogP contribution in [0.1, 0.15) is 30.4 Å². The lowest BCUT2D eigenvalue weighted by molar-refractivity contribution is -0.113. The summed E-state index contributed by atoms with van der Waals surface area (Å²) in [6.45, 7) is 3.19. The van der Waals surface area contributed by atoms with E-state index in [4.69, 9.17) is 0 Å². The molecule has 28 heavy (non-hydrogen) atoms. The molecule has 0 unspecified atom stereocenters. The summed E-state index contributed by atoms with van der Waals surface area (Å²) in [5, 5.41) is 2.82. The SMILES string of the molecule is Cc1ccccc1CSCC(=O)Nc1cccc(S(=O)(=O)N2CCCCC2)c1.